The highest BCUT2D eigenvalue weighted by molar-refractivity contribution is 6.42. The Balaban J connectivity index is 1.80. The number of aliphatic hydroxyl groups excluding tert-OH is 1. The Morgan fingerprint density at radius 1 is 1.30 bits per heavy atom. The molecule has 1 heterocycles. The van der Waals surface area contributed by atoms with E-state index >= 15 is 0 Å². The molecule has 1 aromatic carbocycles. The second-order valence-electron chi connectivity index (χ2n) is 5.08. The zero-order valence-electron chi connectivity index (χ0n) is 11.3. The summed E-state index contributed by atoms with van der Waals surface area (Å²) in [6, 6.07) is 5.32. The van der Waals surface area contributed by atoms with E-state index in [0.717, 1.165) is 31.7 Å². The first-order valence-electron chi connectivity index (χ1n) is 6.80. The van der Waals surface area contributed by atoms with Gasteiger partial charge in [0, 0.05) is 32.2 Å². The number of hydrogen-bond acceptors (Lipinski definition) is 4. The van der Waals surface area contributed by atoms with Gasteiger partial charge in [-0.3, -0.25) is 0 Å². The van der Waals surface area contributed by atoms with Crippen LogP contribution in [0.3, 0.4) is 0 Å². The molecule has 1 aliphatic heterocycles. The first-order valence-corrected chi connectivity index (χ1v) is 7.56. The molecule has 0 amide bonds. The van der Waals surface area contributed by atoms with Crippen LogP contribution >= 0.6 is 23.2 Å². The smallest absolute Gasteiger partial charge is 0.121 e. The fraction of sp³-hybridized carbons (Fsp3) is 0.571. The van der Waals surface area contributed by atoms with Crippen LogP contribution in [0, 0.1) is 0 Å². The molecular weight excluding hydrogens is 299 g/mol. The maximum Gasteiger partial charge on any atom is 0.121 e. The van der Waals surface area contributed by atoms with Crippen LogP contribution < -0.4 is 10.5 Å². The number of piperidine rings is 1. The molecule has 2 rings (SSSR count). The van der Waals surface area contributed by atoms with E-state index in [0.29, 0.717) is 23.1 Å². The third-order valence-electron chi connectivity index (χ3n) is 3.47. The van der Waals surface area contributed by atoms with E-state index in [1.165, 1.54) is 0 Å². The van der Waals surface area contributed by atoms with Gasteiger partial charge in [0.1, 0.15) is 11.9 Å². The van der Waals surface area contributed by atoms with Crippen molar-refractivity contribution in [1.82, 2.24) is 4.90 Å². The van der Waals surface area contributed by atoms with Gasteiger partial charge in [-0.05, 0) is 25.0 Å². The van der Waals surface area contributed by atoms with Gasteiger partial charge in [0.25, 0.3) is 0 Å². The lowest BCUT2D eigenvalue weighted by molar-refractivity contribution is 0.0641. The summed E-state index contributed by atoms with van der Waals surface area (Å²) in [6.45, 7) is 2.75. The van der Waals surface area contributed by atoms with Gasteiger partial charge < -0.3 is 20.5 Å². The quantitative estimate of drug-likeness (QED) is 0.873. The van der Waals surface area contributed by atoms with Crippen LogP contribution in [0.25, 0.3) is 0 Å². The monoisotopic (exact) mass is 318 g/mol. The average molecular weight is 319 g/mol. The molecule has 112 valence electrons. The number of aliphatic hydroxyl groups is 1. The summed E-state index contributed by atoms with van der Waals surface area (Å²) in [7, 11) is 0. The minimum atomic E-state index is -0.442. The first kappa shape index (κ1) is 15.9. The molecule has 1 aliphatic rings. The molecule has 1 atom stereocenters. The summed E-state index contributed by atoms with van der Waals surface area (Å²) in [5.41, 5.74) is 5.42. The summed E-state index contributed by atoms with van der Waals surface area (Å²) >= 11 is 11.8. The molecule has 1 aromatic rings. The fourth-order valence-electron chi connectivity index (χ4n) is 2.32. The van der Waals surface area contributed by atoms with Crippen molar-refractivity contribution in [3.05, 3.63) is 28.2 Å². The number of ether oxygens (including phenoxy) is 1. The van der Waals surface area contributed by atoms with Crippen molar-refractivity contribution in [2.75, 3.05) is 26.2 Å². The summed E-state index contributed by atoms with van der Waals surface area (Å²) in [4.78, 5) is 2.21. The van der Waals surface area contributed by atoms with Crippen LogP contribution in [0.1, 0.15) is 12.8 Å². The van der Waals surface area contributed by atoms with Crippen LogP contribution in [-0.2, 0) is 0 Å². The van der Waals surface area contributed by atoms with Gasteiger partial charge in [-0.1, -0.05) is 23.2 Å². The van der Waals surface area contributed by atoms with Crippen molar-refractivity contribution in [1.29, 1.82) is 0 Å². The summed E-state index contributed by atoms with van der Waals surface area (Å²) in [6.07, 6.45) is 1.59. The van der Waals surface area contributed by atoms with Crippen molar-refractivity contribution in [2.45, 2.75) is 25.0 Å². The molecule has 1 saturated heterocycles. The van der Waals surface area contributed by atoms with Crippen LogP contribution in [0.15, 0.2) is 18.2 Å². The van der Waals surface area contributed by atoms with Gasteiger partial charge in [-0.25, -0.2) is 0 Å². The molecule has 0 unspecified atom stereocenters. The molecule has 6 heteroatoms. The molecule has 1 fully saturated rings. The number of rotatable bonds is 5. The standard InChI is InChI=1S/C14H20Cl2N2O2/c15-13-2-1-12(7-14(13)16)20-11-3-5-18(6-4-11)9-10(19)8-17/h1-2,7,10-11,19H,3-6,8-9,17H2/t10-/m1/s1. The van der Waals surface area contributed by atoms with Gasteiger partial charge in [0.15, 0.2) is 0 Å². The Hall–Kier alpha value is -0.520. The minimum Gasteiger partial charge on any atom is -0.490 e. The van der Waals surface area contributed by atoms with Crippen molar-refractivity contribution < 1.29 is 9.84 Å². The Kier molecular flexibility index (Phi) is 5.93. The van der Waals surface area contributed by atoms with Gasteiger partial charge >= 0.3 is 0 Å². The molecule has 0 bridgehead atoms. The number of nitrogens with two attached hydrogens (primary N) is 1. The third kappa shape index (κ3) is 4.50. The lowest BCUT2D eigenvalue weighted by atomic mass is 10.1. The van der Waals surface area contributed by atoms with Gasteiger partial charge in [0.05, 0.1) is 16.1 Å². The van der Waals surface area contributed by atoms with E-state index in [-0.39, 0.29) is 6.10 Å². The molecule has 4 nitrogen and oxygen atoms in total. The van der Waals surface area contributed by atoms with Crippen molar-refractivity contribution in [2.24, 2.45) is 5.73 Å². The Bertz CT molecular complexity index is 437. The molecule has 20 heavy (non-hydrogen) atoms. The molecule has 0 saturated carbocycles. The third-order valence-corrected chi connectivity index (χ3v) is 4.21. The summed E-state index contributed by atoms with van der Waals surface area (Å²) in [5.74, 6) is 0.750. The predicted octanol–water partition coefficient (Wildman–Crippen LogP) is 2.16. The second kappa shape index (κ2) is 7.48. The molecule has 0 radical (unpaired) electrons. The van der Waals surface area contributed by atoms with Crippen LogP contribution in [0.2, 0.25) is 10.0 Å². The highest BCUT2D eigenvalue weighted by Crippen LogP contribution is 2.28. The van der Waals surface area contributed by atoms with E-state index in [9.17, 15) is 5.11 Å². The Morgan fingerprint density at radius 3 is 2.60 bits per heavy atom. The zero-order valence-corrected chi connectivity index (χ0v) is 12.8. The fourth-order valence-corrected chi connectivity index (χ4v) is 2.61. The highest BCUT2D eigenvalue weighted by atomic mass is 35.5. The number of nitrogens with zero attached hydrogens (tertiary/aromatic N) is 1. The average Bonchev–Trinajstić information content (AvgIpc) is 2.45. The molecule has 3 N–H and O–H groups in total. The predicted molar refractivity (Wildman–Crippen MR) is 81.6 cm³/mol. The summed E-state index contributed by atoms with van der Waals surface area (Å²) < 4.78 is 5.91. The number of halogens is 2. The number of benzene rings is 1. The Morgan fingerprint density at radius 2 is 2.00 bits per heavy atom. The maximum absolute atomic E-state index is 9.54. The van der Waals surface area contributed by atoms with Gasteiger partial charge in [-0.15, -0.1) is 0 Å². The van der Waals surface area contributed by atoms with E-state index in [1.807, 2.05) is 6.07 Å². The first-order chi connectivity index (χ1) is 9.58. The summed E-state index contributed by atoms with van der Waals surface area (Å²) in [5, 5.41) is 10.6. The SMILES string of the molecule is NC[C@@H](O)CN1CCC(Oc2ccc(Cl)c(Cl)c2)CC1. The number of β-amino-alcohol motifs (C(OH)–C–C–N with tert-alkyl or cyclic N) is 1. The zero-order chi connectivity index (χ0) is 14.5. The van der Waals surface area contributed by atoms with Gasteiger partial charge in [0.2, 0.25) is 0 Å². The molecular formula is C14H20Cl2N2O2. The second-order valence-corrected chi connectivity index (χ2v) is 5.90. The molecule has 0 aromatic heterocycles. The number of hydrogen-bond donors (Lipinski definition) is 2. The lowest BCUT2D eigenvalue weighted by Crippen LogP contribution is -2.43. The lowest BCUT2D eigenvalue weighted by Gasteiger charge is -2.33. The highest BCUT2D eigenvalue weighted by Gasteiger charge is 2.22. The van der Waals surface area contributed by atoms with E-state index in [1.54, 1.807) is 12.1 Å². The van der Waals surface area contributed by atoms with E-state index in [2.05, 4.69) is 4.90 Å². The van der Waals surface area contributed by atoms with Gasteiger partial charge in [-0.2, -0.15) is 0 Å². The maximum atomic E-state index is 9.54. The van der Waals surface area contributed by atoms with Crippen LogP contribution in [0.4, 0.5) is 0 Å². The van der Waals surface area contributed by atoms with Crippen LogP contribution in [-0.4, -0.2) is 48.4 Å². The topological polar surface area (TPSA) is 58.7 Å². The van der Waals surface area contributed by atoms with Crippen LogP contribution in [0.5, 0.6) is 5.75 Å². The van der Waals surface area contributed by atoms with Crippen molar-refractivity contribution in [3.63, 3.8) is 0 Å². The minimum absolute atomic E-state index is 0.179. The number of likely N-dealkylation sites (tertiary alicyclic amines) is 1. The van der Waals surface area contributed by atoms with E-state index < -0.39 is 6.10 Å². The Labute approximate surface area is 129 Å². The van der Waals surface area contributed by atoms with Crippen molar-refractivity contribution >= 4 is 23.2 Å². The molecule has 0 aliphatic carbocycles. The van der Waals surface area contributed by atoms with Crippen molar-refractivity contribution in [3.8, 4) is 5.75 Å². The van der Waals surface area contributed by atoms with E-state index in [4.69, 9.17) is 33.7 Å². The largest absolute Gasteiger partial charge is 0.490 e. The molecule has 0 spiro atoms. The normalized spacial score (nSPS) is 19.0.